The summed E-state index contributed by atoms with van der Waals surface area (Å²) in [6, 6.07) is 6.52. The largest absolute Gasteiger partial charge is 0.385 e. The molecule has 3 rings (SSSR count). The van der Waals surface area contributed by atoms with Crippen LogP contribution in [0.4, 0.5) is 4.39 Å². The Kier molecular flexibility index (Phi) is 3.28. The molecule has 0 amide bonds. The van der Waals surface area contributed by atoms with E-state index in [0.29, 0.717) is 28.9 Å². The number of aliphatic hydroxyl groups is 1. The number of fused-ring (bicyclic) bond motifs is 2. The molecular weight excluding hydrogens is 261 g/mol. The SMILES string of the molecule is N#CCc1ccc(F)cc1C1(O)CC2CCC(C1)S2. The van der Waals surface area contributed by atoms with Crippen LogP contribution >= 0.6 is 11.8 Å². The smallest absolute Gasteiger partial charge is 0.123 e. The second-order valence-corrected chi connectivity index (χ2v) is 7.14. The van der Waals surface area contributed by atoms with Crippen molar-refractivity contribution in [3.05, 3.63) is 35.1 Å². The fourth-order valence-electron chi connectivity index (χ4n) is 3.36. The molecule has 0 aromatic heterocycles. The van der Waals surface area contributed by atoms with E-state index in [1.807, 2.05) is 11.8 Å². The molecule has 1 aromatic carbocycles. The third kappa shape index (κ3) is 2.37. The summed E-state index contributed by atoms with van der Waals surface area (Å²) in [5.41, 5.74) is 0.440. The van der Waals surface area contributed by atoms with E-state index in [0.717, 1.165) is 18.4 Å². The highest BCUT2D eigenvalue weighted by molar-refractivity contribution is 8.00. The Balaban J connectivity index is 2.00. The van der Waals surface area contributed by atoms with Gasteiger partial charge in [0.1, 0.15) is 5.82 Å². The normalized spacial score (nSPS) is 33.1. The van der Waals surface area contributed by atoms with E-state index in [-0.39, 0.29) is 12.2 Å². The molecule has 0 spiro atoms. The van der Waals surface area contributed by atoms with E-state index >= 15 is 0 Å². The van der Waals surface area contributed by atoms with Gasteiger partial charge in [0.2, 0.25) is 0 Å². The Morgan fingerprint density at radius 2 is 2.05 bits per heavy atom. The van der Waals surface area contributed by atoms with E-state index in [1.165, 1.54) is 12.1 Å². The van der Waals surface area contributed by atoms with Gasteiger partial charge in [-0.25, -0.2) is 4.39 Å². The van der Waals surface area contributed by atoms with Gasteiger partial charge in [-0.05, 0) is 48.9 Å². The fraction of sp³-hybridized carbons (Fsp3) is 0.533. The highest BCUT2D eigenvalue weighted by Gasteiger charge is 2.45. The number of rotatable bonds is 2. The van der Waals surface area contributed by atoms with Crippen molar-refractivity contribution in [2.45, 2.75) is 48.2 Å². The molecule has 0 aliphatic carbocycles. The number of hydrogen-bond donors (Lipinski definition) is 1. The quantitative estimate of drug-likeness (QED) is 0.903. The van der Waals surface area contributed by atoms with Crippen LogP contribution in [0.15, 0.2) is 18.2 Å². The van der Waals surface area contributed by atoms with Crippen LogP contribution in [-0.4, -0.2) is 15.6 Å². The summed E-state index contributed by atoms with van der Waals surface area (Å²) in [4.78, 5) is 0. The monoisotopic (exact) mass is 277 g/mol. The number of nitriles is 1. The summed E-state index contributed by atoms with van der Waals surface area (Å²) >= 11 is 1.95. The number of nitrogens with zero attached hydrogens (tertiary/aromatic N) is 1. The van der Waals surface area contributed by atoms with E-state index in [1.54, 1.807) is 6.07 Å². The van der Waals surface area contributed by atoms with Crippen LogP contribution < -0.4 is 0 Å². The van der Waals surface area contributed by atoms with Gasteiger partial charge in [0.15, 0.2) is 0 Å². The highest BCUT2D eigenvalue weighted by Crippen LogP contribution is 2.51. The van der Waals surface area contributed by atoms with Crippen molar-refractivity contribution in [2.75, 3.05) is 0 Å². The predicted octanol–water partition coefficient (Wildman–Crippen LogP) is 3.14. The van der Waals surface area contributed by atoms with Gasteiger partial charge in [-0.3, -0.25) is 0 Å². The highest BCUT2D eigenvalue weighted by atomic mass is 32.2. The van der Waals surface area contributed by atoms with Crippen molar-refractivity contribution in [3.8, 4) is 6.07 Å². The average Bonchev–Trinajstić information content (AvgIpc) is 2.72. The minimum absolute atomic E-state index is 0.223. The summed E-state index contributed by atoms with van der Waals surface area (Å²) in [5, 5.41) is 20.8. The molecule has 19 heavy (non-hydrogen) atoms. The lowest BCUT2D eigenvalue weighted by molar-refractivity contribution is 0.0186. The molecule has 2 saturated heterocycles. The number of benzene rings is 1. The molecule has 2 bridgehead atoms. The Hall–Kier alpha value is -1.05. The van der Waals surface area contributed by atoms with Crippen LogP contribution in [0.25, 0.3) is 0 Å². The Morgan fingerprint density at radius 3 is 2.68 bits per heavy atom. The molecular formula is C15H16FNOS. The van der Waals surface area contributed by atoms with E-state index in [2.05, 4.69) is 6.07 Å². The van der Waals surface area contributed by atoms with Crippen LogP contribution in [0.5, 0.6) is 0 Å². The molecule has 4 heteroatoms. The van der Waals surface area contributed by atoms with Crippen molar-refractivity contribution in [1.29, 1.82) is 5.26 Å². The van der Waals surface area contributed by atoms with Gasteiger partial charge < -0.3 is 5.11 Å². The van der Waals surface area contributed by atoms with Crippen LogP contribution in [0.2, 0.25) is 0 Å². The molecule has 2 heterocycles. The summed E-state index contributed by atoms with van der Waals surface area (Å²) in [6.07, 6.45) is 3.85. The zero-order chi connectivity index (χ0) is 13.5. The van der Waals surface area contributed by atoms with Crippen LogP contribution in [0.3, 0.4) is 0 Å². The number of halogens is 1. The lowest BCUT2D eigenvalue weighted by Crippen LogP contribution is -2.35. The van der Waals surface area contributed by atoms with Crippen molar-refractivity contribution in [1.82, 2.24) is 0 Å². The molecule has 100 valence electrons. The maximum Gasteiger partial charge on any atom is 0.123 e. The average molecular weight is 277 g/mol. The van der Waals surface area contributed by atoms with Crippen LogP contribution in [0.1, 0.15) is 36.8 Å². The maximum atomic E-state index is 13.5. The molecule has 2 fully saturated rings. The third-order valence-corrected chi connectivity index (χ3v) is 5.74. The lowest BCUT2D eigenvalue weighted by Gasteiger charge is -2.37. The minimum Gasteiger partial charge on any atom is -0.385 e. The topological polar surface area (TPSA) is 44.0 Å². The molecule has 0 radical (unpaired) electrons. The summed E-state index contributed by atoms with van der Waals surface area (Å²) < 4.78 is 13.5. The Morgan fingerprint density at radius 1 is 1.37 bits per heavy atom. The predicted molar refractivity (Wildman–Crippen MR) is 73.2 cm³/mol. The second kappa shape index (κ2) is 4.81. The standard InChI is InChI=1S/C15H16FNOS/c16-11-2-1-10(5-6-17)14(7-11)15(18)8-12-3-4-13(9-15)19-12/h1-2,7,12-13,18H,3-5,8-9H2. The second-order valence-electron chi connectivity index (χ2n) is 5.53. The van der Waals surface area contributed by atoms with Crippen molar-refractivity contribution in [3.63, 3.8) is 0 Å². The van der Waals surface area contributed by atoms with Crippen molar-refractivity contribution >= 4 is 11.8 Å². The van der Waals surface area contributed by atoms with Crippen LogP contribution in [-0.2, 0) is 12.0 Å². The lowest BCUT2D eigenvalue weighted by atomic mass is 9.82. The van der Waals surface area contributed by atoms with Gasteiger partial charge in [0, 0.05) is 10.5 Å². The molecule has 2 nitrogen and oxygen atoms in total. The van der Waals surface area contributed by atoms with Crippen LogP contribution in [0, 0.1) is 17.1 Å². The first-order valence-electron chi connectivity index (χ1n) is 6.64. The zero-order valence-corrected chi connectivity index (χ0v) is 11.4. The first-order valence-corrected chi connectivity index (χ1v) is 7.59. The summed E-state index contributed by atoms with van der Waals surface area (Å²) in [7, 11) is 0. The molecule has 0 saturated carbocycles. The summed E-state index contributed by atoms with van der Waals surface area (Å²) in [6.45, 7) is 0. The summed E-state index contributed by atoms with van der Waals surface area (Å²) in [5.74, 6) is -0.337. The van der Waals surface area contributed by atoms with Crippen molar-refractivity contribution in [2.24, 2.45) is 0 Å². The van der Waals surface area contributed by atoms with E-state index in [9.17, 15) is 9.50 Å². The minimum atomic E-state index is -0.953. The van der Waals surface area contributed by atoms with Gasteiger partial charge in [-0.1, -0.05) is 6.07 Å². The van der Waals surface area contributed by atoms with Gasteiger partial charge in [0.05, 0.1) is 18.1 Å². The van der Waals surface area contributed by atoms with E-state index < -0.39 is 5.60 Å². The van der Waals surface area contributed by atoms with E-state index in [4.69, 9.17) is 5.26 Å². The molecule has 1 N–H and O–H groups in total. The molecule has 2 unspecified atom stereocenters. The Bertz CT molecular complexity index is 527. The molecule has 2 aliphatic rings. The first-order chi connectivity index (χ1) is 9.10. The third-order valence-electron chi connectivity index (χ3n) is 4.17. The first kappa shape index (κ1) is 13.0. The molecule has 2 atom stereocenters. The van der Waals surface area contributed by atoms with Gasteiger partial charge in [0.25, 0.3) is 0 Å². The number of thioether (sulfide) groups is 1. The molecule has 2 aliphatic heterocycles. The van der Waals surface area contributed by atoms with Gasteiger partial charge in [-0.2, -0.15) is 17.0 Å². The molecule has 1 aromatic rings. The number of hydrogen-bond acceptors (Lipinski definition) is 3. The van der Waals surface area contributed by atoms with Gasteiger partial charge in [-0.15, -0.1) is 0 Å². The Labute approximate surface area is 116 Å². The zero-order valence-electron chi connectivity index (χ0n) is 10.6. The van der Waals surface area contributed by atoms with Gasteiger partial charge >= 0.3 is 0 Å². The fourth-order valence-corrected chi connectivity index (χ4v) is 5.19. The van der Waals surface area contributed by atoms with Crippen molar-refractivity contribution < 1.29 is 9.50 Å². The maximum absolute atomic E-state index is 13.5.